The first-order valence-corrected chi connectivity index (χ1v) is 10.2. The molecule has 1 fully saturated rings. The third-order valence-electron chi connectivity index (χ3n) is 5.49. The van der Waals surface area contributed by atoms with E-state index in [9.17, 15) is 10.2 Å². The van der Waals surface area contributed by atoms with Crippen LogP contribution in [0.2, 0.25) is 0 Å². The second kappa shape index (κ2) is 9.12. The van der Waals surface area contributed by atoms with Gasteiger partial charge < -0.3 is 19.8 Å². The van der Waals surface area contributed by atoms with Crippen molar-refractivity contribution in [2.24, 2.45) is 0 Å². The Kier molecular flexibility index (Phi) is 6.13. The molecule has 1 saturated heterocycles. The third kappa shape index (κ3) is 4.78. The summed E-state index contributed by atoms with van der Waals surface area (Å²) in [6.07, 6.45) is 0.673. The fraction of sp³-hybridized carbons (Fsp3) is 0.280. The molecular weight excluding hydrogens is 362 g/mol. The lowest BCUT2D eigenvalue weighted by Crippen LogP contribution is -2.35. The molecule has 0 spiro atoms. The number of anilines is 1. The van der Waals surface area contributed by atoms with Crippen LogP contribution < -0.4 is 9.64 Å². The van der Waals surface area contributed by atoms with E-state index in [0.717, 1.165) is 48.3 Å². The maximum absolute atomic E-state index is 11.0. The van der Waals surface area contributed by atoms with Gasteiger partial charge >= 0.3 is 0 Å². The summed E-state index contributed by atoms with van der Waals surface area (Å²) in [4.78, 5) is 2.28. The average molecular weight is 389 g/mol. The van der Waals surface area contributed by atoms with Gasteiger partial charge in [-0.25, -0.2) is 0 Å². The van der Waals surface area contributed by atoms with Gasteiger partial charge in [-0.15, -0.1) is 0 Å². The van der Waals surface area contributed by atoms with E-state index in [-0.39, 0.29) is 6.10 Å². The van der Waals surface area contributed by atoms with E-state index in [1.165, 1.54) is 0 Å². The molecule has 0 radical (unpaired) electrons. The molecule has 29 heavy (non-hydrogen) atoms. The van der Waals surface area contributed by atoms with Gasteiger partial charge in [0.15, 0.2) is 0 Å². The topological polar surface area (TPSA) is 52.9 Å². The number of ether oxygens (including phenoxy) is 1. The summed E-state index contributed by atoms with van der Waals surface area (Å²) in [5.41, 5.74) is 3.81. The van der Waals surface area contributed by atoms with E-state index in [4.69, 9.17) is 4.74 Å². The molecule has 0 amide bonds. The molecule has 4 heteroatoms. The molecule has 3 aromatic carbocycles. The van der Waals surface area contributed by atoms with Crippen molar-refractivity contribution in [3.63, 3.8) is 0 Å². The Bertz CT molecular complexity index is 903. The van der Waals surface area contributed by atoms with Crippen LogP contribution in [-0.2, 0) is 6.61 Å². The first-order valence-electron chi connectivity index (χ1n) is 10.2. The molecule has 1 unspecified atom stereocenters. The molecule has 1 atom stereocenters. The predicted molar refractivity (Wildman–Crippen MR) is 115 cm³/mol. The lowest BCUT2D eigenvalue weighted by molar-refractivity contribution is 0.145. The van der Waals surface area contributed by atoms with Crippen LogP contribution in [0.5, 0.6) is 5.75 Å². The van der Waals surface area contributed by atoms with Crippen LogP contribution in [0.4, 0.5) is 5.69 Å². The Morgan fingerprint density at radius 1 is 0.862 bits per heavy atom. The van der Waals surface area contributed by atoms with Crippen LogP contribution in [0, 0.1) is 0 Å². The molecule has 0 aromatic heterocycles. The Hall–Kier alpha value is -2.82. The zero-order valence-electron chi connectivity index (χ0n) is 16.4. The van der Waals surface area contributed by atoms with Gasteiger partial charge in [-0.3, -0.25) is 0 Å². The van der Waals surface area contributed by atoms with Crippen LogP contribution in [0.15, 0.2) is 78.9 Å². The molecular formula is C25H27NO3. The SMILES string of the molecule is OC1CCN(c2ccc(C(O)c3ccccc3OCc3ccccc3)cc2)CC1. The summed E-state index contributed by atoms with van der Waals surface area (Å²) < 4.78 is 6.00. The zero-order chi connectivity index (χ0) is 20.1. The summed E-state index contributed by atoms with van der Waals surface area (Å²) in [7, 11) is 0. The minimum atomic E-state index is -0.751. The largest absolute Gasteiger partial charge is 0.489 e. The maximum atomic E-state index is 11.0. The molecule has 4 nitrogen and oxygen atoms in total. The Morgan fingerprint density at radius 2 is 1.52 bits per heavy atom. The van der Waals surface area contributed by atoms with Crippen molar-refractivity contribution in [2.75, 3.05) is 18.0 Å². The maximum Gasteiger partial charge on any atom is 0.125 e. The average Bonchev–Trinajstić information content (AvgIpc) is 2.79. The summed E-state index contributed by atoms with van der Waals surface area (Å²) in [6, 6.07) is 25.7. The monoisotopic (exact) mass is 389 g/mol. The molecule has 1 aliphatic rings. The number of nitrogens with zero attached hydrogens (tertiary/aromatic N) is 1. The second-order valence-electron chi connectivity index (χ2n) is 7.52. The lowest BCUT2D eigenvalue weighted by atomic mass is 9.99. The highest BCUT2D eigenvalue weighted by Gasteiger charge is 2.19. The number of hydrogen-bond acceptors (Lipinski definition) is 4. The fourth-order valence-electron chi connectivity index (χ4n) is 3.74. The van der Waals surface area contributed by atoms with Gasteiger partial charge in [-0.05, 0) is 42.2 Å². The Morgan fingerprint density at radius 3 is 2.24 bits per heavy atom. The number of benzene rings is 3. The number of hydrogen-bond donors (Lipinski definition) is 2. The van der Waals surface area contributed by atoms with Crippen molar-refractivity contribution in [2.45, 2.75) is 31.7 Å². The van der Waals surface area contributed by atoms with Crippen molar-refractivity contribution in [3.05, 3.63) is 95.6 Å². The predicted octanol–water partition coefficient (Wildman–Crippen LogP) is 4.31. The summed E-state index contributed by atoms with van der Waals surface area (Å²) in [5, 5.41) is 20.7. The van der Waals surface area contributed by atoms with Gasteiger partial charge in [-0.2, -0.15) is 0 Å². The van der Waals surface area contributed by atoms with Gasteiger partial charge in [0.05, 0.1) is 6.10 Å². The van der Waals surface area contributed by atoms with Gasteiger partial charge in [0.2, 0.25) is 0 Å². The lowest BCUT2D eigenvalue weighted by Gasteiger charge is -2.31. The van der Waals surface area contributed by atoms with E-state index >= 15 is 0 Å². The molecule has 3 aromatic rings. The zero-order valence-corrected chi connectivity index (χ0v) is 16.4. The summed E-state index contributed by atoms with van der Waals surface area (Å²) in [5.74, 6) is 0.693. The van der Waals surface area contributed by atoms with E-state index in [0.29, 0.717) is 12.4 Å². The van der Waals surface area contributed by atoms with Gasteiger partial charge in [0, 0.05) is 24.3 Å². The quantitative estimate of drug-likeness (QED) is 0.660. The second-order valence-corrected chi connectivity index (χ2v) is 7.52. The molecule has 1 aliphatic heterocycles. The van der Waals surface area contributed by atoms with Crippen molar-refractivity contribution >= 4 is 5.69 Å². The van der Waals surface area contributed by atoms with Gasteiger partial charge in [-0.1, -0.05) is 60.7 Å². The first kappa shape index (κ1) is 19.5. The van der Waals surface area contributed by atoms with Crippen LogP contribution in [-0.4, -0.2) is 29.4 Å². The van der Waals surface area contributed by atoms with E-state index < -0.39 is 6.10 Å². The first-order chi connectivity index (χ1) is 14.2. The van der Waals surface area contributed by atoms with Gasteiger partial charge in [0.1, 0.15) is 18.5 Å². The van der Waals surface area contributed by atoms with Crippen LogP contribution >= 0.6 is 0 Å². The van der Waals surface area contributed by atoms with Crippen LogP contribution in [0.25, 0.3) is 0 Å². The molecule has 0 saturated carbocycles. The Balaban J connectivity index is 1.47. The molecule has 0 bridgehead atoms. The van der Waals surface area contributed by atoms with Crippen molar-refractivity contribution in [1.29, 1.82) is 0 Å². The number of aliphatic hydroxyl groups is 2. The number of aliphatic hydroxyl groups excluding tert-OH is 2. The molecule has 150 valence electrons. The van der Waals surface area contributed by atoms with E-state index in [1.807, 2.05) is 78.9 Å². The van der Waals surface area contributed by atoms with Crippen molar-refractivity contribution < 1.29 is 14.9 Å². The molecule has 4 rings (SSSR count). The smallest absolute Gasteiger partial charge is 0.125 e. The van der Waals surface area contributed by atoms with E-state index in [1.54, 1.807) is 0 Å². The fourth-order valence-corrected chi connectivity index (χ4v) is 3.74. The van der Waals surface area contributed by atoms with Crippen LogP contribution in [0.3, 0.4) is 0 Å². The standard InChI is InChI=1S/C25H27NO3/c27-22-14-16-26(17-15-22)21-12-10-20(11-13-21)25(28)23-8-4-5-9-24(23)29-18-19-6-2-1-3-7-19/h1-13,22,25,27-28H,14-18H2. The Labute approximate surface area is 172 Å². The molecule has 0 aliphatic carbocycles. The highest BCUT2D eigenvalue weighted by Crippen LogP contribution is 2.31. The molecule has 1 heterocycles. The van der Waals surface area contributed by atoms with Crippen LogP contribution in [0.1, 0.15) is 35.6 Å². The van der Waals surface area contributed by atoms with Crippen molar-refractivity contribution in [1.82, 2.24) is 0 Å². The highest BCUT2D eigenvalue weighted by molar-refractivity contribution is 5.50. The summed E-state index contributed by atoms with van der Waals surface area (Å²) in [6.45, 7) is 2.18. The molecule has 2 N–H and O–H groups in total. The van der Waals surface area contributed by atoms with Crippen molar-refractivity contribution in [3.8, 4) is 5.75 Å². The summed E-state index contributed by atoms with van der Waals surface area (Å²) >= 11 is 0. The highest BCUT2D eigenvalue weighted by atomic mass is 16.5. The minimum Gasteiger partial charge on any atom is -0.489 e. The minimum absolute atomic E-state index is 0.181. The number of para-hydroxylation sites is 1. The number of piperidine rings is 1. The number of rotatable bonds is 6. The third-order valence-corrected chi connectivity index (χ3v) is 5.49. The normalized spacial score (nSPS) is 15.9. The van der Waals surface area contributed by atoms with Gasteiger partial charge in [0.25, 0.3) is 0 Å². The van der Waals surface area contributed by atoms with E-state index in [2.05, 4.69) is 4.90 Å².